The zero-order valence-corrected chi connectivity index (χ0v) is 12.5. The van der Waals surface area contributed by atoms with E-state index in [1.54, 1.807) is 12.1 Å². The monoisotopic (exact) mass is 292 g/mol. The molecule has 4 nitrogen and oxygen atoms in total. The third-order valence-corrected chi connectivity index (χ3v) is 5.39. The minimum Gasteiger partial charge on any atom is -0.211 e. The SMILES string of the molecule is CC1CCC(CNS(=O)(=O)c2cccc(C#N)c2)CC1. The molecule has 0 aromatic heterocycles. The summed E-state index contributed by atoms with van der Waals surface area (Å²) >= 11 is 0. The third kappa shape index (κ3) is 3.81. The predicted molar refractivity (Wildman–Crippen MR) is 77.5 cm³/mol. The van der Waals surface area contributed by atoms with E-state index in [-0.39, 0.29) is 4.90 Å². The highest BCUT2D eigenvalue weighted by Crippen LogP contribution is 2.28. The Morgan fingerprint density at radius 1 is 1.30 bits per heavy atom. The standard InChI is InChI=1S/C15H20N2O2S/c1-12-5-7-13(8-6-12)11-17-20(18,19)15-4-2-3-14(9-15)10-16/h2-4,9,12-13,17H,5-8,11H2,1H3. The Morgan fingerprint density at radius 2 is 2.00 bits per heavy atom. The van der Waals surface area contributed by atoms with Gasteiger partial charge in [0.1, 0.15) is 0 Å². The van der Waals surface area contributed by atoms with Gasteiger partial charge in [-0.15, -0.1) is 0 Å². The third-order valence-electron chi connectivity index (χ3n) is 3.97. The number of hydrogen-bond acceptors (Lipinski definition) is 3. The van der Waals surface area contributed by atoms with Gasteiger partial charge in [-0.2, -0.15) is 5.26 Å². The molecule has 1 aromatic carbocycles. The van der Waals surface area contributed by atoms with Crippen molar-refractivity contribution in [3.05, 3.63) is 29.8 Å². The molecule has 1 N–H and O–H groups in total. The first-order valence-corrected chi connectivity index (χ1v) is 8.49. The molecule has 20 heavy (non-hydrogen) atoms. The zero-order chi connectivity index (χ0) is 14.6. The maximum absolute atomic E-state index is 12.2. The molecular formula is C15H20N2O2S. The second-order valence-electron chi connectivity index (χ2n) is 5.62. The van der Waals surface area contributed by atoms with Gasteiger partial charge in [0.25, 0.3) is 0 Å². The molecule has 0 radical (unpaired) electrons. The molecular weight excluding hydrogens is 272 g/mol. The molecule has 5 heteroatoms. The van der Waals surface area contributed by atoms with Crippen molar-refractivity contribution >= 4 is 10.0 Å². The molecule has 1 aromatic rings. The highest BCUT2D eigenvalue weighted by atomic mass is 32.2. The quantitative estimate of drug-likeness (QED) is 0.927. The van der Waals surface area contributed by atoms with Crippen molar-refractivity contribution in [3.8, 4) is 6.07 Å². The second-order valence-corrected chi connectivity index (χ2v) is 7.38. The first-order valence-electron chi connectivity index (χ1n) is 7.01. The van der Waals surface area contributed by atoms with Crippen molar-refractivity contribution in [3.63, 3.8) is 0 Å². The van der Waals surface area contributed by atoms with Crippen LogP contribution in [0.4, 0.5) is 0 Å². The lowest BCUT2D eigenvalue weighted by molar-refractivity contribution is 0.290. The van der Waals surface area contributed by atoms with Crippen molar-refractivity contribution < 1.29 is 8.42 Å². The van der Waals surface area contributed by atoms with Crippen molar-refractivity contribution in [1.82, 2.24) is 4.72 Å². The van der Waals surface area contributed by atoms with Crippen LogP contribution in [0.3, 0.4) is 0 Å². The first-order chi connectivity index (χ1) is 9.51. The molecule has 0 spiro atoms. The van der Waals surface area contributed by atoms with E-state index in [0.717, 1.165) is 18.8 Å². The van der Waals surface area contributed by atoms with Gasteiger partial charge in [0, 0.05) is 6.54 Å². The van der Waals surface area contributed by atoms with E-state index in [1.807, 2.05) is 6.07 Å². The van der Waals surface area contributed by atoms with Crippen LogP contribution in [-0.2, 0) is 10.0 Å². The Morgan fingerprint density at radius 3 is 2.65 bits per heavy atom. The van der Waals surface area contributed by atoms with E-state index in [2.05, 4.69) is 11.6 Å². The fraction of sp³-hybridized carbons (Fsp3) is 0.533. The lowest BCUT2D eigenvalue weighted by Gasteiger charge is -2.26. The van der Waals surface area contributed by atoms with Gasteiger partial charge < -0.3 is 0 Å². The first kappa shape index (κ1) is 15.0. The van der Waals surface area contributed by atoms with Crippen molar-refractivity contribution in [2.45, 2.75) is 37.5 Å². The Balaban J connectivity index is 1.99. The molecule has 1 fully saturated rings. The van der Waals surface area contributed by atoms with Gasteiger partial charge in [0.15, 0.2) is 0 Å². The van der Waals surface area contributed by atoms with E-state index in [1.165, 1.54) is 25.0 Å². The van der Waals surface area contributed by atoms with E-state index in [4.69, 9.17) is 5.26 Å². The molecule has 0 unspecified atom stereocenters. The average molecular weight is 292 g/mol. The lowest BCUT2D eigenvalue weighted by atomic mass is 9.83. The second kappa shape index (κ2) is 6.38. The van der Waals surface area contributed by atoms with Gasteiger partial charge in [0.05, 0.1) is 16.5 Å². The zero-order valence-electron chi connectivity index (χ0n) is 11.7. The Kier molecular flexibility index (Phi) is 4.79. The Hall–Kier alpha value is -1.38. The number of benzene rings is 1. The van der Waals surface area contributed by atoms with Crippen LogP contribution >= 0.6 is 0 Å². The van der Waals surface area contributed by atoms with Gasteiger partial charge >= 0.3 is 0 Å². The number of nitrogens with one attached hydrogen (secondary N) is 1. The van der Waals surface area contributed by atoms with Crippen LogP contribution in [0.25, 0.3) is 0 Å². The minimum absolute atomic E-state index is 0.167. The fourth-order valence-corrected chi connectivity index (χ4v) is 3.74. The Labute approximate surface area is 120 Å². The molecule has 1 aliphatic carbocycles. The highest BCUT2D eigenvalue weighted by molar-refractivity contribution is 7.89. The average Bonchev–Trinajstić information content (AvgIpc) is 2.47. The van der Waals surface area contributed by atoms with Gasteiger partial charge in [-0.3, -0.25) is 0 Å². The van der Waals surface area contributed by atoms with Gasteiger partial charge in [-0.1, -0.05) is 25.8 Å². The summed E-state index contributed by atoms with van der Waals surface area (Å²) in [6, 6.07) is 8.08. The largest absolute Gasteiger partial charge is 0.240 e. The number of nitriles is 1. The van der Waals surface area contributed by atoms with Gasteiger partial charge in [0.2, 0.25) is 10.0 Å². The normalized spacial score (nSPS) is 23.2. The van der Waals surface area contributed by atoms with Crippen molar-refractivity contribution in [1.29, 1.82) is 5.26 Å². The fourth-order valence-electron chi connectivity index (χ4n) is 2.58. The Bertz CT molecular complexity index is 597. The molecule has 0 saturated heterocycles. The summed E-state index contributed by atoms with van der Waals surface area (Å²) in [5.74, 6) is 1.19. The smallest absolute Gasteiger partial charge is 0.211 e. The van der Waals surface area contributed by atoms with Crippen LogP contribution in [0, 0.1) is 23.2 Å². The number of sulfonamides is 1. The summed E-state index contributed by atoms with van der Waals surface area (Å²) in [6.07, 6.45) is 4.52. The van der Waals surface area contributed by atoms with Crippen molar-refractivity contribution in [2.24, 2.45) is 11.8 Å². The molecule has 108 valence electrons. The van der Waals surface area contributed by atoms with E-state index >= 15 is 0 Å². The van der Waals surface area contributed by atoms with Crippen LogP contribution in [0.1, 0.15) is 38.2 Å². The summed E-state index contributed by atoms with van der Waals surface area (Å²) < 4.78 is 27.0. The van der Waals surface area contributed by atoms with Gasteiger partial charge in [-0.25, -0.2) is 13.1 Å². The molecule has 0 aliphatic heterocycles. The van der Waals surface area contributed by atoms with Crippen LogP contribution in [0.2, 0.25) is 0 Å². The van der Waals surface area contributed by atoms with Crippen molar-refractivity contribution in [2.75, 3.05) is 6.54 Å². The van der Waals surface area contributed by atoms with E-state index in [0.29, 0.717) is 18.0 Å². The van der Waals surface area contributed by atoms with Crippen LogP contribution in [0.15, 0.2) is 29.2 Å². The number of rotatable bonds is 4. The van der Waals surface area contributed by atoms with E-state index in [9.17, 15) is 8.42 Å². The maximum Gasteiger partial charge on any atom is 0.240 e. The summed E-state index contributed by atoms with van der Waals surface area (Å²) in [6.45, 7) is 2.74. The molecule has 2 rings (SSSR count). The molecule has 0 atom stereocenters. The molecule has 0 amide bonds. The molecule has 0 heterocycles. The predicted octanol–water partition coefficient (Wildman–Crippen LogP) is 2.66. The minimum atomic E-state index is -3.51. The highest BCUT2D eigenvalue weighted by Gasteiger charge is 2.21. The summed E-state index contributed by atoms with van der Waals surface area (Å²) in [5, 5.41) is 8.82. The van der Waals surface area contributed by atoms with E-state index < -0.39 is 10.0 Å². The number of nitrogens with zero attached hydrogens (tertiary/aromatic N) is 1. The van der Waals surface area contributed by atoms with Crippen LogP contribution in [-0.4, -0.2) is 15.0 Å². The summed E-state index contributed by atoms with van der Waals surface area (Å²) in [4.78, 5) is 0.167. The number of hydrogen-bond donors (Lipinski definition) is 1. The summed E-state index contributed by atoms with van der Waals surface area (Å²) in [5.41, 5.74) is 0.361. The summed E-state index contributed by atoms with van der Waals surface area (Å²) in [7, 11) is -3.51. The topological polar surface area (TPSA) is 70.0 Å². The molecule has 0 bridgehead atoms. The van der Waals surface area contributed by atoms with Gasteiger partial charge in [-0.05, 0) is 42.9 Å². The maximum atomic E-state index is 12.2. The van der Waals surface area contributed by atoms with Crippen LogP contribution in [0.5, 0.6) is 0 Å². The molecule has 1 aliphatic rings. The lowest BCUT2D eigenvalue weighted by Crippen LogP contribution is -2.31. The molecule has 1 saturated carbocycles. The van der Waals surface area contributed by atoms with Crippen LogP contribution < -0.4 is 4.72 Å².